The van der Waals surface area contributed by atoms with E-state index in [-0.39, 0.29) is 5.75 Å². The SMILES string of the molecule is CC1(C)OB(c2cccc3c2CCS3(=O)=O)OC1(C)C. The van der Waals surface area contributed by atoms with Gasteiger partial charge in [-0.05, 0) is 51.2 Å². The smallest absolute Gasteiger partial charge is 0.399 e. The number of rotatable bonds is 1. The molecule has 2 aliphatic rings. The van der Waals surface area contributed by atoms with Crippen molar-refractivity contribution in [2.45, 2.75) is 50.2 Å². The first-order valence-electron chi connectivity index (χ1n) is 6.84. The Kier molecular flexibility index (Phi) is 2.88. The number of benzene rings is 1. The number of fused-ring (bicyclic) bond motifs is 1. The lowest BCUT2D eigenvalue weighted by Gasteiger charge is -2.32. The van der Waals surface area contributed by atoms with E-state index >= 15 is 0 Å². The third kappa shape index (κ3) is 1.93. The Bertz CT molecular complexity index is 648. The molecule has 1 saturated heterocycles. The third-order valence-electron chi connectivity index (χ3n) is 4.63. The van der Waals surface area contributed by atoms with Gasteiger partial charge in [-0.15, -0.1) is 0 Å². The fraction of sp³-hybridized carbons (Fsp3) is 0.571. The summed E-state index contributed by atoms with van der Waals surface area (Å²) < 4.78 is 36.0. The normalized spacial score (nSPS) is 25.7. The van der Waals surface area contributed by atoms with Crippen molar-refractivity contribution >= 4 is 22.4 Å². The van der Waals surface area contributed by atoms with Crippen LogP contribution in [-0.2, 0) is 25.6 Å². The van der Waals surface area contributed by atoms with Crippen LogP contribution in [0.5, 0.6) is 0 Å². The predicted molar refractivity (Wildman–Crippen MR) is 77.9 cm³/mol. The quantitative estimate of drug-likeness (QED) is 0.733. The predicted octanol–water partition coefficient (Wildman–Crippen LogP) is 1.32. The molecule has 1 fully saturated rings. The molecule has 0 unspecified atom stereocenters. The van der Waals surface area contributed by atoms with Crippen molar-refractivity contribution in [2.24, 2.45) is 0 Å². The second-order valence-electron chi connectivity index (χ2n) is 6.48. The van der Waals surface area contributed by atoms with E-state index in [2.05, 4.69) is 0 Å². The minimum atomic E-state index is -3.13. The largest absolute Gasteiger partial charge is 0.495 e. The zero-order chi connectivity index (χ0) is 14.8. The van der Waals surface area contributed by atoms with Crippen LogP contribution >= 0.6 is 0 Å². The minimum Gasteiger partial charge on any atom is -0.399 e. The van der Waals surface area contributed by atoms with Crippen LogP contribution in [0.15, 0.2) is 23.1 Å². The highest BCUT2D eigenvalue weighted by atomic mass is 32.2. The molecule has 0 atom stereocenters. The Balaban J connectivity index is 2.05. The van der Waals surface area contributed by atoms with Gasteiger partial charge >= 0.3 is 7.12 Å². The molecule has 108 valence electrons. The zero-order valence-corrected chi connectivity index (χ0v) is 13.1. The summed E-state index contributed by atoms with van der Waals surface area (Å²) in [5.74, 6) is 0.179. The Morgan fingerprint density at radius 3 is 2.30 bits per heavy atom. The fourth-order valence-electron chi connectivity index (χ4n) is 2.68. The summed E-state index contributed by atoms with van der Waals surface area (Å²) in [4.78, 5) is 0.435. The number of hydrogen-bond acceptors (Lipinski definition) is 4. The molecule has 4 nitrogen and oxygen atoms in total. The Morgan fingerprint density at radius 1 is 1.10 bits per heavy atom. The molecule has 0 saturated carbocycles. The van der Waals surface area contributed by atoms with Gasteiger partial charge in [-0.2, -0.15) is 0 Å². The van der Waals surface area contributed by atoms with Crippen molar-refractivity contribution in [3.63, 3.8) is 0 Å². The molecule has 0 aliphatic carbocycles. The van der Waals surface area contributed by atoms with Gasteiger partial charge in [0.1, 0.15) is 0 Å². The topological polar surface area (TPSA) is 52.6 Å². The summed E-state index contributed by atoms with van der Waals surface area (Å²) in [6.45, 7) is 7.97. The van der Waals surface area contributed by atoms with E-state index < -0.39 is 28.2 Å². The van der Waals surface area contributed by atoms with E-state index in [9.17, 15) is 8.42 Å². The third-order valence-corrected chi connectivity index (χ3v) is 6.43. The fourth-order valence-corrected chi connectivity index (χ4v) is 4.25. The average molecular weight is 294 g/mol. The van der Waals surface area contributed by atoms with Crippen LogP contribution in [0.3, 0.4) is 0 Å². The van der Waals surface area contributed by atoms with Crippen molar-refractivity contribution in [3.05, 3.63) is 23.8 Å². The van der Waals surface area contributed by atoms with Crippen LogP contribution < -0.4 is 5.46 Å². The van der Waals surface area contributed by atoms with Crippen LogP contribution in [0, 0.1) is 0 Å². The molecule has 2 heterocycles. The van der Waals surface area contributed by atoms with Gasteiger partial charge in [0.2, 0.25) is 0 Å². The molecule has 0 aromatic heterocycles. The monoisotopic (exact) mass is 294 g/mol. The molecule has 20 heavy (non-hydrogen) atoms. The van der Waals surface area contributed by atoms with Gasteiger partial charge in [0, 0.05) is 0 Å². The maximum absolute atomic E-state index is 12.0. The zero-order valence-electron chi connectivity index (χ0n) is 12.3. The first-order chi connectivity index (χ1) is 9.14. The lowest BCUT2D eigenvalue weighted by molar-refractivity contribution is 0.00578. The molecule has 0 bridgehead atoms. The molecular formula is C14H19BO4S. The maximum atomic E-state index is 12.0. The first kappa shape index (κ1) is 14.1. The van der Waals surface area contributed by atoms with Gasteiger partial charge in [0.05, 0.1) is 21.9 Å². The van der Waals surface area contributed by atoms with Crippen molar-refractivity contribution < 1.29 is 17.7 Å². The van der Waals surface area contributed by atoms with Gasteiger partial charge in [-0.3, -0.25) is 0 Å². The standard InChI is InChI=1S/C14H19BO4S/c1-13(2)14(3,4)19-15(18-13)11-6-5-7-12-10(11)8-9-20(12,16)17/h5-7H,8-9H2,1-4H3. The second-order valence-corrected chi connectivity index (χ2v) is 8.56. The highest BCUT2D eigenvalue weighted by Crippen LogP contribution is 2.37. The van der Waals surface area contributed by atoms with Gasteiger partial charge < -0.3 is 9.31 Å². The van der Waals surface area contributed by atoms with Crippen molar-refractivity contribution in [3.8, 4) is 0 Å². The van der Waals surface area contributed by atoms with Crippen LogP contribution in [0.25, 0.3) is 0 Å². The molecule has 0 amide bonds. The lowest BCUT2D eigenvalue weighted by atomic mass is 9.75. The highest BCUT2D eigenvalue weighted by molar-refractivity contribution is 7.91. The van der Waals surface area contributed by atoms with E-state index in [1.807, 2.05) is 33.8 Å². The maximum Gasteiger partial charge on any atom is 0.495 e. The van der Waals surface area contributed by atoms with Crippen LogP contribution in [0.4, 0.5) is 0 Å². The van der Waals surface area contributed by atoms with Crippen LogP contribution in [-0.4, -0.2) is 32.5 Å². The van der Waals surface area contributed by atoms with Crippen LogP contribution in [0.1, 0.15) is 33.3 Å². The molecule has 0 spiro atoms. The van der Waals surface area contributed by atoms with Crippen molar-refractivity contribution in [1.29, 1.82) is 0 Å². The summed E-state index contributed by atoms with van der Waals surface area (Å²) >= 11 is 0. The Morgan fingerprint density at radius 2 is 1.70 bits per heavy atom. The van der Waals surface area contributed by atoms with E-state index in [0.29, 0.717) is 11.3 Å². The van der Waals surface area contributed by atoms with E-state index in [4.69, 9.17) is 9.31 Å². The number of hydrogen-bond donors (Lipinski definition) is 0. The summed E-state index contributed by atoms with van der Waals surface area (Å²) in [6, 6.07) is 5.34. The molecule has 3 rings (SSSR count). The summed E-state index contributed by atoms with van der Waals surface area (Å²) in [5.41, 5.74) is 0.865. The molecule has 1 aromatic carbocycles. The van der Waals surface area contributed by atoms with E-state index in [1.165, 1.54) is 0 Å². The summed E-state index contributed by atoms with van der Waals surface area (Å²) in [6.07, 6.45) is 0.540. The molecule has 2 aliphatic heterocycles. The van der Waals surface area contributed by atoms with Gasteiger partial charge in [-0.25, -0.2) is 8.42 Å². The lowest BCUT2D eigenvalue weighted by Crippen LogP contribution is -2.41. The first-order valence-corrected chi connectivity index (χ1v) is 8.49. The minimum absolute atomic E-state index is 0.179. The van der Waals surface area contributed by atoms with E-state index in [0.717, 1.165) is 11.0 Å². The highest BCUT2D eigenvalue weighted by Gasteiger charge is 2.52. The van der Waals surface area contributed by atoms with Crippen molar-refractivity contribution in [1.82, 2.24) is 0 Å². The Labute approximate surface area is 120 Å². The van der Waals surface area contributed by atoms with Gasteiger partial charge in [0.15, 0.2) is 9.84 Å². The van der Waals surface area contributed by atoms with Crippen LogP contribution in [0.2, 0.25) is 0 Å². The molecule has 0 radical (unpaired) electrons. The number of sulfone groups is 1. The average Bonchev–Trinajstić information content (AvgIpc) is 2.74. The van der Waals surface area contributed by atoms with Crippen molar-refractivity contribution in [2.75, 3.05) is 5.75 Å². The molecule has 1 aromatic rings. The second kappa shape index (κ2) is 4.09. The molecule has 6 heteroatoms. The summed E-state index contributed by atoms with van der Waals surface area (Å²) in [5, 5.41) is 0. The molecular weight excluding hydrogens is 275 g/mol. The summed E-state index contributed by atoms with van der Waals surface area (Å²) in [7, 11) is -3.62. The van der Waals surface area contributed by atoms with Gasteiger partial charge in [-0.1, -0.05) is 12.1 Å². The van der Waals surface area contributed by atoms with Gasteiger partial charge in [0.25, 0.3) is 0 Å². The molecule has 0 N–H and O–H groups in total. The van der Waals surface area contributed by atoms with E-state index in [1.54, 1.807) is 12.1 Å². The Hall–Kier alpha value is -0.845.